The van der Waals surface area contributed by atoms with Crippen LogP contribution in [0, 0.1) is 0 Å². The minimum atomic E-state index is -0.00332. The summed E-state index contributed by atoms with van der Waals surface area (Å²) in [6.45, 7) is 0.672. The van der Waals surface area contributed by atoms with E-state index in [-0.39, 0.29) is 5.91 Å². The van der Waals surface area contributed by atoms with Crippen molar-refractivity contribution in [1.29, 1.82) is 0 Å². The van der Waals surface area contributed by atoms with Gasteiger partial charge in [-0.25, -0.2) is 4.68 Å². The first-order chi connectivity index (χ1) is 12.8. The molecule has 1 N–H and O–H groups in total. The molecule has 0 saturated heterocycles. The molecule has 0 atom stereocenters. The fourth-order valence-electron chi connectivity index (χ4n) is 3.68. The van der Waals surface area contributed by atoms with Gasteiger partial charge in [0, 0.05) is 11.6 Å². The number of amides is 1. The number of benzene rings is 2. The van der Waals surface area contributed by atoms with Crippen molar-refractivity contribution in [3.8, 4) is 0 Å². The highest BCUT2D eigenvalue weighted by Gasteiger charge is 2.16. The van der Waals surface area contributed by atoms with Crippen LogP contribution in [0.5, 0.6) is 0 Å². The highest BCUT2D eigenvalue weighted by Crippen LogP contribution is 2.19. The molecule has 1 aliphatic carbocycles. The molecule has 0 aliphatic heterocycles. The molecule has 5 heteroatoms. The van der Waals surface area contributed by atoms with Crippen molar-refractivity contribution in [2.75, 3.05) is 0 Å². The first kappa shape index (κ1) is 16.8. The fraction of sp³-hybridized carbons (Fsp3) is 0.381. The topological polar surface area (TPSA) is 59.8 Å². The maximum absolute atomic E-state index is 12.6. The van der Waals surface area contributed by atoms with Crippen molar-refractivity contribution in [3.63, 3.8) is 0 Å². The lowest BCUT2D eigenvalue weighted by molar-refractivity contribution is 0.0933. The second-order valence-corrected chi connectivity index (χ2v) is 7.10. The molecule has 0 spiro atoms. The Morgan fingerprint density at radius 3 is 2.58 bits per heavy atom. The van der Waals surface area contributed by atoms with Crippen LogP contribution in [-0.4, -0.2) is 26.9 Å². The summed E-state index contributed by atoms with van der Waals surface area (Å²) in [5.74, 6) is -0.00332. The summed E-state index contributed by atoms with van der Waals surface area (Å²) in [5, 5.41) is 11.7. The van der Waals surface area contributed by atoms with E-state index in [9.17, 15) is 4.79 Å². The van der Waals surface area contributed by atoms with Crippen molar-refractivity contribution in [2.24, 2.45) is 0 Å². The number of hydrogen-bond acceptors (Lipinski definition) is 3. The predicted molar refractivity (Wildman–Crippen MR) is 102 cm³/mol. The van der Waals surface area contributed by atoms with Crippen molar-refractivity contribution in [3.05, 3.63) is 59.7 Å². The zero-order chi connectivity index (χ0) is 17.8. The van der Waals surface area contributed by atoms with Crippen LogP contribution < -0.4 is 5.32 Å². The van der Waals surface area contributed by atoms with Crippen molar-refractivity contribution < 1.29 is 4.79 Å². The molecule has 2 aromatic carbocycles. The number of nitrogens with zero attached hydrogens (tertiary/aromatic N) is 3. The van der Waals surface area contributed by atoms with Crippen molar-refractivity contribution >= 4 is 16.9 Å². The van der Waals surface area contributed by atoms with Crippen LogP contribution in [0.25, 0.3) is 11.0 Å². The van der Waals surface area contributed by atoms with Crippen LogP contribution in [-0.2, 0) is 6.54 Å². The average molecular weight is 348 g/mol. The van der Waals surface area contributed by atoms with Gasteiger partial charge in [-0.15, -0.1) is 5.10 Å². The van der Waals surface area contributed by atoms with E-state index < -0.39 is 0 Å². The molecule has 134 valence electrons. The van der Waals surface area contributed by atoms with Gasteiger partial charge in [-0.3, -0.25) is 4.79 Å². The summed E-state index contributed by atoms with van der Waals surface area (Å²) in [4.78, 5) is 12.6. The Hall–Kier alpha value is -2.69. The molecule has 5 nitrogen and oxygen atoms in total. The van der Waals surface area contributed by atoms with Crippen LogP contribution in [0.15, 0.2) is 48.5 Å². The molecule has 1 saturated carbocycles. The third kappa shape index (κ3) is 3.77. The van der Waals surface area contributed by atoms with Gasteiger partial charge in [0.25, 0.3) is 5.91 Å². The van der Waals surface area contributed by atoms with Crippen molar-refractivity contribution in [1.82, 2.24) is 20.3 Å². The van der Waals surface area contributed by atoms with E-state index in [0.717, 1.165) is 23.9 Å². The van der Waals surface area contributed by atoms with Crippen molar-refractivity contribution in [2.45, 2.75) is 51.1 Å². The summed E-state index contributed by atoms with van der Waals surface area (Å²) < 4.78 is 1.87. The standard InChI is InChI=1S/C21H24N4O/c26-21(22-18-10-6-1-2-7-11-18)17-12-13-20-19(14-17)23-24-25(20)15-16-8-4-3-5-9-16/h3-5,8-9,12-14,18H,1-2,6-7,10-11,15H2,(H,22,26). The van der Waals surface area contributed by atoms with Gasteiger partial charge in [-0.2, -0.15) is 0 Å². The van der Waals surface area contributed by atoms with E-state index in [0.29, 0.717) is 18.2 Å². The summed E-state index contributed by atoms with van der Waals surface area (Å²) in [5.41, 5.74) is 3.54. The molecule has 1 fully saturated rings. The predicted octanol–water partition coefficient (Wildman–Crippen LogP) is 3.93. The zero-order valence-electron chi connectivity index (χ0n) is 14.9. The van der Waals surface area contributed by atoms with Gasteiger partial charge in [-0.05, 0) is 36.6 Å². The lowest BCUT2D eigenvalue weighted by Crippen LogP contribution is -2.34. The van der Waals surface area contributed by atoms with Gasteiger partial charge in [0.1, 0.15) is 5.52 Å². The zero-order valence-corrected chi connectivity index (χ0v) is 14.9. The number of hydrogen-bond donors (Lipinski definition) is 1. The molecule has 1 heterocycles. The summed E-state index contributed by atoms with van der Waals surface area (Å²) in [6, 6.07) is 16.1. The van der Waals surface area contributed by atoms with Gasteiger partial charge < -0.3 is 5.32 Å². The molecular formula is C21H24N4O. The largest absolute Gasteiger partial charge is 0.349 e. The normalized spacial score (nSPS) is 15.7. The number of carbonyl (C=O) groups is 1. The molecule has 3 aromatic rings. The van der Waals surface area contributed by atoms with Gasteiger partial charge >= 0.3 is 0 Å². The van der Waals surface area contributed by atoms with Crippen LogP contribution in [0.2, 0.25) is 0 Å². The van der Waals surface area contributed by atoms with Gasteiger partial charge in [0.2, 0.25) is 0 Å². The maximum atomic E-state index is 12.6. The van der Waals surface area contributed by atoms with E-state index in [2.05, 4.69) is 27.8 Å². The molecular weight excluding hydrogens is 324 g/mol. The SMILES string of the molecule is O=C(NC1CCCCCC1)c1ccc2c(c1)nnn2Cc1ccccc1. The van der Waals surface area contributed by atoms with E-state index in [1.165, 1.54) is 31.2 Å². The van der Waals surface area contributed by atoms with Crippen LogP contribution >= 0.6 is 0 Å². The molecule has 4 rings (SSSR count). The monoisotopic (exact) mass is 348 g/mol. The molecule has 0 bridgehead atoms. The minimum Gasteiger partial charge on any atom is -0.349 e. The fourth-order valence-corrected chi connectivity index (χ4v) is 3.68. The summed E-state index contributed by atoms with van der Waals surface area (Å²) >= 11 is 0. The molecule has 1 amide bonds. The Labute approximate surface area is 153 Å². The maximum Gasteiger partial charge on any atom is 0.251 e. The Morgan fingerprint density at radius 2 is 1.81 bits per heavy atom. The number of aromatic nitrogens is 3. The van der Waals surface area contributed by atoms with Crippen LogP contribution in [0.4, 0.5) is 0 Å². The lowest BCUT2D eigenvalue weighted by atomic mass is 10.1. The Bertz CT molecular complexity index is 879. The first-order valence-electron chi connectivity index (χ1n) is 9.48. The molecule has 26 heavy (non-hydrogen) atoms. The second-order valence-electron chi connectivity index (χ2n) is 7.10. The van der Waals surface area contributed by atoms with Gasteiger partial charge in [0.05, 0.1) is 12.1 Å². The highest BCUT2D eigenvalue weighted by molar-refractivity contribution is 5.97. The smallest absolute Gasteiger partial charge is 0.251 e. The first-order valence-corrected chi connectivity index (χ1v) is 9.48. The number of fused-ring (bicyclic) bond motifs is 1. The quantitative estimate of drug-likeness (QED) is 0.727. The number of rotatable bonds is 4. The third-order valence-electron chi connectivity index (χ3n) is 5.14. The Morgan fingerprint density at radius 1 is 1.04 bits per heavy atom. The number of nitrogens with one attached hydrogen (secondary N) is 1. The Kier molecular flexibility index (Phi) is 4.95. The Balaban J connectivity index is 1.50. The van der Waals surface area contributed by atoms with E-state index in [4.69, 9.17) is 0 Å². The molecule has 1 aromatic heterocycles. The summed E-state index contributed by atoms with van der Waals surface area (Å²) in [7, 11) is 0. The molecule has 0 radical (unpaired) electrons. The number of carbonyl (C=O) groups excluding carboxylic acids is 1. The van der Waals surface area contributed by atoms with E-state index in [1.54, 1.807) is 0 Å². The van der Waals surface area contributed by atoms with Crippen LogP contribution in [0.3, 0.4) is 0 Å². The summed E-state index contributed by atoms with van der Waals surface area (Å²) in [6.07, 6.45) is 7.14. The molecule has 0 unspecified atom stereocenters. The average Bonchev–Trinajstić information content (AvgIpc) is 2.88. The van der Waals surface area contributed by atoms with E-state index >= 15 is 0 Å². The van der Waals surface area contributed by atoms with Crippen LogP contribution in [0.1, 0.15) is 54.4 Å². The van der Waals surface area contributed by atoms with Gasteiger partial charge in [-0.1, -0.05) is 61.2 Å². The third-order valence-corrected chi connectivity index (χ3v) is 5.14. The van der Waals surface area contributed by atoms with Gasteiger partial charge in [0.15, 0.2) is 0 Å². The lowest BCUT2D eigenvalue weighted by Gasteiger charge is -2.16. The van der Waals surface area contributed by atoms with E-state index in [1.807, 2.05) is 41.1 Å². The molecule has 1 aliphatic rings. The minimum absolute atomic E-state index is 0.00332. The second kappa shape index (κ2) is 7.68. The highest BCUT2D eigenvalue weighted by atomic mass is 16.1.